The number of rotatable bonds is 12. The molecule has 11 heteroatoms. The number of aryl methyl sites for hydroxylation is 1. The summed E-state index contributed by atoms with van der Waals surface area (Å²) in [7, 11) is -1.36. The Labute approximate surface area is 268 Å². The van der Waals surface area contributed by atoms with E-state index in [1.807, 2.05) is 31.2 Å². The summed E-state index contributed by atoms with van der Waals surface area (Å²) in [5.41, 5.74) is 1.82. The van der Waals surface area contributed by atoms with Gasteiger partial charge in [-0.05, 0) is 68.7 Å². The zero-order valence-electron chi connectivity index (χ0n) is 25.6. The fourth-order valence-corrected chi connectivity index (χ4v) is 7.19. The van der Waals surface area contributed by atoms with Crippen molar-refractivity contribution in [3.63, 3.8) is 0 Å². The van der Waals surface area contributed by atoms with E-state index in [9.17, 15) is 18.0 Å². The first-order valence-corrected chi connectivity index (χ1v) is 16.9. The van der Waals surface area contributed by atoms with E-state index in [-0.39, 0.29) is 34.8 Å². The van der Waals surface area contributed by atoms with Gasteiger partial charge in [0, 0.05) is 23.1 Å². The molecule has 9 nitrogen and oxygen atoms in total. The number of anilines is 1. The molecule has 0 radical (unpaired) electrons. The molecule has 0 saturated heterocycles. The number of hydrogen-bond acceptors (Lipinski definition) is 6. The van der Waals surface area contributed by atoms with E-state index in [0.717, 1.165) is 52.0 Å². The van der Waals surface area contributed by atoms with Crippen molar-refractivity contribution in [2.24, 2.45) is 0 Å². The van der Waals surface area contributed by atoms with Crippen molar-refractivity contribution < 1.29 is 27.5 Å². The highest BCUT2D eigenvalue weighted by Crippen LogP contribution is 2.36. The molecular weight excluding hydrogens is 646 g/mol. The standard InChI is InChI=1S/C33H40BrN3O6S/c1-23-13-16-29(17-14-23)44(40,41)37(30-20-28(42-3)15-18-31(30)43-4)22-32(38)36(21-25-9-8-10-26(34)19-25)24(2)33(39)35-27-11-6-5-7-12-27/h8-10,13-20,24,27H,5-7,11-12,21-22H2,1-4H3,(H,35,39)/t24-/m1/s1. The van der Waals surface area contributed by atoms with Gasteiger partial charge in [-0.1, -0.05) is 65.0 Å². The number of carbonyl (C=O) groups is 2. The number of halogens is 1. The summed E-state index contributed by atoms with van der Waals surface area (Å²) >= 11 is 3.48. The van der Waals surface area contributed by atoms with Gasteiger partial charge < -0.3 is 19.7 Å². The second-order valence-electron chi connectivity index (χ2n) is 11.0. The molecule has 1 saturated carbocycles. The minimum absolute atomic E-state index is 0.0161. The maximum atomic E-state index is 14.3. The number of carbonyl (C=O) groups excluding carboxylic acids is 2. The normalized spacial score (nSPS) is 14.4. The average molecular weight is 687 g/mol. The van der Waals surface area contributed by atoms with Crippen molar-refractivity contribution in [1.29, 1.82) is 0 Å². The summed E-state index contributed by atoms with van der Waals surface area (Å²) < 4.78 is 41.2. The van der Waals surface area contributed by atoms with Crippen LogP contribution in [-0.2, 0) is 26.2 Å². The monoisotopic (exact) mass is 685 g/mol. The van der Waals surface area contributed by atoms with Crippen molar-refractivity contribution in [3.8, 4) is 11.5 Å². The van der Waals surface area contributed by atoms with Gasteiger partial charge in [-0.25, -0.2) is 8.42 Å². The summed E-state index contributed by atoms with van der Waals surface area (Å²) in [5.74, 6) is -0.177. The lowest BCUT2D eigenvalue weighted by atomic mass is 9.95. The molecule has 44 heavy (non-hydrogen) atoms. The van der Waals surface area contributed by atoms with Gasteiger partial charge in [0.25, 0.3) is 10.0 Å². The van der Waals surface area contributed by atoms with E-state index in [4.69, 9.17) is 9.47 Å². The molecule has 1 atom stereocenters. The van der Waals surface area contributed by atoms with E-state index in [1.165, 1.54) is 37.3 Å². The first-order valence-electron chi connectivity index (χ1n) is 14.7. The van der Waals surface area contributed by atoms with Gasteiger partial charge in [0.15, 0.2) is 0 Å². The Kier molecular flexibility index (Phi) is 11.3. The molecule has 2 amide bonds. The number of methoxy groups -OCH3 is 2. The molecule has 0 aliphatic heterocycles. The maximum Gasteiger partial charge on any atom is 0.264 e. The highest BCUT2D eigenvalue weighted by Gasteiger charge is 2.34. The van der Waals surface area contributed by atoms with Crippen LogP contribution < -0.4 is 19.1 Å². The lowest BCUT2D eigenvalue weighted by molar-refractivity contribution is -0.139. The van der Waals surface area contributed by atoms with E-state index in [1.54, 1.807) is 31.2 Å². The Balaban J connectivity index is 1.75. The minimum Gasteiger partial charge on any atom is -0.497 e. The lowest BCUT2D eigenvalue weighted by Crippen LogP contribution is -2.53. The van der Waals surface area contributed by atoms with Crippen LogP contribution in [0.25, 0.3) is 0 Å². The molecular formula is C33H40BrN3O6S. The van der Waals surface area contributed by atoms with Crippen LogP contribution in [0.3, 0.4) is 0 Å². The summed E-state index contributed by atoms with van der Waals surface area (Å²) in [6.07, 6.45) is 5.05. The molecule has 0 heterocycles. The first-order chi connectivity index (χ1) is 21.0. The quantitative estimate of drug-likeness (QED) is 0.257. The number of amides is 2. The fraction of sp³-hybridized carbons (Fsp3) is 0.394. The van der Waals surface area contributed by atoms with Gasteiger partial charge in [-0.2, -0.15) is 0 Å². The van der Waals surface area contributed by atoms with Crippen LogP contribution in [-0.4, -0.2) is 58.0 Å². The molecule has 4 rings (SSSR count). The topological polar surface area (TPSA) is 105 Å². The van der Waals surface area contributed by atoms with Crippen molar-refractivity contribution >= 4 is 43.5 Å². The number of benzene rings is 3. The lowest BCUT2D eigenvalue weighted by Gasteiger charge is -2.33. The SMILES string of the molecule is COc1ccc(OC)c(N(CC(=O)N(Cc2cccc(Br)c2)[C@H](C)C(=O)NC2CCCCC2)S(=O)(=O)c2ccc(C)cc2)c1. The van der Waals surface area contributed by atoms with E-state index < -0.39 is 28.5 Å². The van der Waals surface area contributed by atoms with Crippen LogP contribution in [0.15, 0.2) is 76.1 Å². The molecule has 0 bridgehead atoms. The van der Waals surface area contributed by atoms with Gasteiger partial charge in [0.2, 0.25) is 11.8 Å². The molecule has 0 aromatic heterocycles. The summed E-state index contributed by atoms with van der Waals surface area (Å²) in [5, 5.41) is 3.12. The maximum absolute atomic E-state index is 14.3. The molecule has 0 spiro atoms. The van der Waals surface area contributed by atoms with E-state index in [2.05, 4.69) is 21.2 Å². The minimum atomic E-state index is -4.26. The van der Waals surface area contributed by atoms with Crippen LogP contribution in [0.5, 0.6) is 11.5 Å². The number of sulfonamides is 1. The third-order valence-corrected chi connectivity index (χ3v) is 10.2. The zero-order valence-corrected chi connectivity index (χ0v) is 28.0. The highest BCUT2D eigenvalue weighted by atomic mass is 79.9. The summed E-state index contributed by atoms with van der Waals surface area (Å²) in [4.78, 5) is 29.3. The third kappa shape index (κ3) is 8.12. The Morgan fingerprint density at radius 1 is 0.977 bits per heavy atom. The smallest absolute Gasteiger partial charge is 0.264 e. The molecule has 3 aromatic rings. The van der Waals surface area contributed by atoms with Gasteiger partial charge >= 0.3 is 0 Å². The molecule has 1 aliphatic rings. The Hall–Kier alpha value is -3.57. The van der Waals surface area contributed by atoms with Gasteiger partial charge in [0.1, 0.15) is 24.1 Å². The molecule has 1 N–H and O–H groups in total. The summed E-state index contributed by atoms with van der Waals surface area (Å²) in [6, 6.07) is 17.8. The second kappa shape index (κ2) is 14.9. The van der Waals surface area contributed by atoms with Gasteiger partial charge in [-0.15, -0.1) is 0 Å². The molecule has 1 fully saturated rings. The fourth-order valence-electron chi connectivity index (χ4n) is 5.33. The van der Waals surface area contributed by atoms with Crippen molar-refractivity contribution in [1.82, 2.24) is 10.2 Å². The van der Waals surface area contributed by atoms with Gasteiger partial charge in [-0.3, -0.25) is 13.9 Å². The number of nitrogens with zero attached hydrogens (tertiary/aromatic N) is 2. The zero-order chi connectivity index (χ0) is 31.9. The predicted octanol–water partition coefficient (Wildman–Crippen LogP) is 5.84. The Bertz CT molecular complexity index is 1560. The molecule has 1 aliphatic carbocycles. The second-order valence-corrected chi connectivity index (χ2v) is 13.8. The van der Waals surface area contributed by atoms with Gasteiger partial charge in [0.05, 0.1) is 24.8 Å². The highest BCUT2D eigenvalue weighted by molar-refractivity contribution is 9.10. The van der Waals surface area contributed by atoms with Crippen molar-refractivity contribution in [3.05, 3.63) is 82.3 Å². The van der Waals surface area contributed by atoms with Crippen molar-refractivity contribution in [2.75, 3.05) is 25.1 Å². The molecule has 0 unspecified atom stereocenters. The van der Waals surface area contributed by atoms with E-state index in [0.29, 0.717) is 5.75 Å². The number of ether oxygens (including phenoxy) is 2. The molecule has 3 aromatic carbocycles. The van der Waals surface area contributed by atoms with Crippen LogP contribution in [0, 0.1) is 6.92 Å². The van der Waals surface area contributed by atoms with Crippen molar-refractivity contribution in [2.45, 2.75) is 69.5 Å². The average Bonchev–Trinajstić information content (AvgIpc) is 3.02. The van der Waals surface area contributed by atoms with Crippen LogP contribution in [0.1, 0.15) is 50.2 Å². The van der Waals surface area contributed by atoms with Crippen LogP contribution in [0.2, 0.25) is 0 Å². The summed E-state index contributed by atoms with van der Waals surface area (Å²) in [6.45, 7) is 3.07. The van der Waals surface area contributed by atoms with Crippen LogP contribution >= 0.6 is 15.9 Å². The largest absolute Gasteiger partial charge is 0.497 e. The van der Waals surface area contributed by atoms with E-state index >= 15 is 0 Å². The number of nitrogens with one attached hydrogen (secondary N) is 1. The molecule has 236 valence electrons. The predicted molar refractivity (Wildman–Crippen MR) is 174 cm³/mol. The third-order valence-electron chi connectivity index (χ3n) is 7.90. The number of hydrogen-bond donors (Lipinski definition) is 1. The van der Waals surface area contributed by atoms with Crippen LogP contribution in [0.4, 0.5) is 5.69 Å². The Morgan fingerprint density at radius 3 is 2.32 bits per heavy atom. The first kappa shape index (κ1) is 33.3. The Morgan fingerprint density at radius 2 is 1.68 bits per heavy atom.